The maximum Gasteiger partial charge on any atom is 0.290 e. The molecule has 1 fully saturated rings. The van der Waals surface area contributed by atoms with Gasteiger partial charge in [-0.05, 0) is 24.6 Å². The van der Waals surface area contributed by atoms with Crippen molar-refractivity contribution in [3.63, 3.8) is 0 Å². The first-order valence-corrected chi connectivity index (χ1v) is 13.7. The van der Waals surface area contributed by atoms with Crippen LogP contribution in [0.2, 0.25) is 0 Å². The number of aromatic nitrogens is 1. The largest absolute Gasteiger partial charge is 0.503 e. The predicted octanol–water partition coefficient (Wildman–Crippen LogP) is 4.59. The van der Waals surface area contributed by atoms with Crippen molar-refractivity contribution < 1.29 is 24.2 Å². The molecule has 1 N–H and O–H groups in total. The molecule has 1 saturated heterocycles. The summed E-state index contributed by atoms with van der Waals surface area (Å²) in [5.74, 6) is -0.791. The predicted molar refractivity (Wildman–Crippen MR) is 150 cm³/mol. The van der Waals surface area contributed by atoms with E-state index in [1.54, 1.807) is 30.0 Å². The van der Waals surface area contributed by atoms with Crippen LogP contribution in [0, 0.1) is 6.92 Å². The van der Waals surface area contributed by atoms with Gasteiger partial charge in [0.15, 0.2) is 5.76 Å². The Morgan fingerprint density at radius 2 is 1.87 bits per heavy atom. The molecule has 0 saturated carbocycles. The molecular formula is C30H31N3O5S. The Labute approximate surface area is 231 Å². The highest BCUT2D eigenvalue weighted by molar-refractivity contribution is 7.17. The number of hydrogen-bond donors (Lipinski definition) is 1. The van der Waals surface area contributed by atoms with Crippen LogP contribution >= 0.6 is 11.3 Å². The minimum absolute atomic E-state index is 0.0769. The molecule has 39 heavy (non-hydrogen) atoms. The van der Waals surface area contributed by atoms with Crippen LogP contribution in [0.25, 0.3) is 10.6 Å². The first-order valence-electron chi connectivity index (χ1n) is 12.9. The summed E-state index contributed by atoms with van der Waals surface area (Å²) in [5.41, 5.74) is 2.27. The molecule has 3 aromatic rings. The van der Waals surface area contributed by atoms with Gasteiger partial charge >= 0.3 is 0 Å². The van der Waals surface area contributed by atoms with Gasteiger partial charge in [0.1, 0.15) is 17.4 Å². The SMILES string of the molecule is C=CCOc1ccc(C2C(C(=O)c3sc(-c4ccccc4)nc3C)=C(O)C(=O)N2CCN2CCOCC2)cc1. The molecular weight excluding hydrogens is 514 g/mol. The fourth-order valence-electron chi connectivity index (χ4n) is 4.87. The number of ether oxygens (including phenoxy) is 2. The second kappa shape index (κ2) is 11.9. The maximum atomic E-state index is 14.0. The van der Waals surface area contributed by atoms with Crippen molar-refractivity contribution in [2.45, 2.75) is 13.0 Å². The van der Waals surface area contributed by atoms with E-state index < -0.39 is 17.7 Å². The number of rotatable bonds is 10. The fraction of sp³-hybridized carbons (Fsp3) is 0.300. The first-order chi connectivity index (χ1) is 19.0. The summed E-state index contributed by atoms with van der Waals surface area (Å²) in [6, 6.07) is 16.2. The highest BCUT2D eigenvalue weighted by Crippen LogP contribution is 2.41. The second-order valence-corrected chi connectivity index (χ2v) is 10.4. The average Bonchev–Trinajstić information content (AvgIpc) is 3.48. The first kappa shape index (κ1) is 26.8. The molecule has 1 atom stereocenters. The van der Waals surface area contributed by atoms with E-state index in [1.165, 1.54) is 11.3 Å². The van der Waals surface area contributed by atoms with Crippen LogP contribution in [0.3, 0.4) is 0 Å². The number of carbonyl (C=O) groups excluding carboxylic acids is 2. The van der Waals surface area contributed by atoms with Crippen LogP contribution in [0.1, 0.15) is 27.0 Å². The molecule has 8 nitrogen and oxygen atoms in total. The number of amides is 1. The van der Waals surface area contributed by atoms with Crippen molar-refractivity contribution in [2.75, 3.05) is 46.0 Å². The van der Waals surface area contributed by atoms with E-state index in [4.69, 9.17) is 9.47 Å². The van der Waals surface area contributed by atoms with Gasteiger partial charge in [0.25, 0.3) is 5.91 Å². The molecule has 9 heteroatoms. The second-order valence-electron chi connectivity index (χ2n) is 9.41. The minimum atomic E-state index is -0.735. The topological polar surface area (TPSA) is 92.2 Å². The van der Waals surface area contributed by atoms with Crippen LogP contribution in [0.15, 0.2) is 78.6 Å². The third-order valence-electron chi connectivity index (χ3n) is 6.90. The lowest BCUT2D eigenvalue weighted by atomic mass is 9.95. The highest BCUT2D eigenvalue weighted by atomic mass is 32.1. The van der Waals surface area contributed by atoms with Crippen molar-refractivity contribution in [2.24, 2.45) is 0 Å². The summed E-state index contributed by atoms with van der Waals surface area (Å²) >= 11 is 1.27. The molecule has 1 aromatic heterocycles. The zero-order chi connectivity index (χ0) is 27.4. The number of hydrogen-bond acceptors (Lipinski definition) is 8. The lowest BCUT2D eigenvalue weighted by Gasteiger charge is -2.31. The lowest BCUT2D eigenvalue weighted by molar-refractivity contribution is -0.129. The third-order valence-corrected chi connectivity index (χ3v) is 8.10. The Morgan fingerprint density at radius 1 is 1.15 bits per heavy atom. The van der Waals surface area contributed by atoms with Gasteiger partial charge in [0.05, 0.1) is 35.4 Å². The van der Waals surface area contributed by atoms with E-state index in [2.05, 4.69) is 16.5 Å². The quantitative estimate of drug-likeness (QED) is 0.294. The molecule has 2 aliphatic heterocycles. The molecule has 2 aliphatic rings. The smallest absolute Gasteiger partial charge is 0.290 e. The molecule has 0 radical (unpaired) electrons. The van der Waals surface area contributed by atoms with E-state index in [0.717, 1.165) is 18.7 Å². The number of aliphatic hydroxyl groups excluding tert-OH is 1. The third kappa shape index (κ3) is 5.66. The number of carbonyl (C=O) groups is 2. The van der Waals surface area contributed by atoms with E-state index in [9.17, 15) is 14.7 Å². The summed E-state index contributed by atoms with van der Waals surface area (Å²) in [6.45, 7) is 9.62. The van der Waals surface area contributed by atoms with Crippen LogP contribution in [-0.2, 0) is 9.53 Å². The maximum absolute atomic E-state index is 14.0. The van der Waals surface area contributed by atoms with Gasteiger partial charge in [-0.25, -0.2) is 4.98 Å². The molecule has 0 aliphatic carbocycles. The van der Waals surface area contributed by atoms with Crippen molar-refractivity contribution in [1.29, 1.82) is 0 Å². The molecule has 1 unspecified atom stereocenters. The summed E-state index contributed by atoms with van der Waals surface area (Å²) in [6.07, 6.45) is 1.66. The van der Waals surface area contributed by atoms with Gasteiger partial charge in [-0.2, -0.15) is 0 Å². The molecule has 3 heterocycles. The monoisotopic (exact) mass is 545 g/mol. The highest BCUT2D eigenvalue weighted by Gasteiger charge is 2.44. The lowest BCUT2D eigenvalue weighted by Crippen LogP contribution is -2.43. The van der Waals surface area contributed by atoms with Gasteiger partial charge in [-0.3, -0.25) is 14.5 Å². The number of nitrogens with zero attached hydrogens (tertiary/aromatic N) is 3. The Hall–Kier alpha value is -3.79. The zero-order valence-corrected chi connectivity index (χ0v) is 22.7. The summed E-state index contributed by atoms with van der Waals surface area (Å²) in [5, 5.41) is 11.8. The normalized spacial score (nSPS) is 18.0. The summed E-state index contributed by atoms with van der Waals surface area (Å²) in [4.78, 5) is 36.3. The Kier molecular flexibility index (Phi) is 8.21. The average molecular weight is 546 g/mol. The van der Waals surface area contributed by atoms with E-state index in [0.29, 0.717) is 59.8 Å². The Morgan fingerprint density at radius 3 is 2.56 bits per heavy atom. The number of morpholine rings is 1. The molecule has 0 spiro atoms. The van der Waals surface area contributed by atoms with Gasteiger partial charge in [0.2, 0.25) is 5.78 Å². The van der Waals surface area contributed by atoms with Gasteiger partial charge in [-0.15, -0.1) is 11.3 Å². The van der Waals surface area contributed by atoms with Gasteiger partial charge < -0.3 is 19.5 Å². The molecule has 5 rings (SSSR count). The van der Waals surface area contributed by atoms with Crippen LogP contribution in [0.4, 0.5) is 0 Å². The van der Waals surface area contributed by atoms with Crippen molar-refractivity contribution in [1.82, 2.24) is 14.8 Å². The van der Waals surface area contributed by atoms with Crippen LogP contribution in [-0.4, -0.2) is 77.6 Å². The van der Waals surface area contributed by atoms with Gasteiger partial charge in [0, 0.05) is 31.7 Å². The summed E-state index contributed by atoms with van der Waals surface area (Å²) in [7, 11) is 0. The number of Topliss-reactive ketones (excluding diaryl/α,β-unsaturated/α-hetero) is 1. The number of ketones is 1. The Bertz CT molecular complexity index is 1380. The molecule has 202 valence electrons. The summed E-state index contributed by atoms with van der Waals surface area (Å²) < 4.78 is 11.1. The van der Waals surface area contributed by atoms with E-state index in [-0.39, 0.29) is 11.4 Å². The molecule has 0 bridgehead atoms. The molecule has 2 aromatic carbocycles. The zero-order valence-electron chi connectivity index (χ0n) is 21.8. The van der Waals surface area contributed by atoms with Crippen molar-refractivity contribution in [3.05, 3.63) is 94.7 Å². The number of benzene rings is 2. The van der Waals surface area contributed by atoms with Crippen LogP contribution < -0.4 is 4.74 Å². The fourth-order valence-corrected chi connectivity index (χ4v) is 5.90. The minimum Gasteiger partial charge on any atom is -0.503 e. The molecule has 1 amide bonds. The van der Waals surface area contributed by atoms with Crippen molar-refractivity contribution in [3.8, 4) is 16.3 Å². The number of thiazole rings is 1. The van der Waals surface area contributed by atoms with Crippen molar-refractivity contribution >= 4 is 23.0 Å². The van der Waals surface area contributed by atoms with Gasteiger partial charge in [-0.1, -0.05) is 55.1 Å². The van der Waals surface area contributed by atoms with E-state index >= 15 is 0 Å². The standard InChI is InChI=1S/C30H31N3O5S/c1-3-17-38-23-11-9-21(10-12-23)25-24(27(35)30(36)33(25)14-13-32-15-18-37-19-16-32)26(34)28-20(2)31-29(39-28)22-7-5-4-6-8-22/h3-12,25,35H,1,13-19H2,2H3. The number of aryl methyl sites for hydroxylation is 1. The number of aliphatic hydroxyl groups is 1. The van der Waals surface area contributed by atoms with E-state index in [1.807, 2.05) is 42.5 Å². The Balaban J connectivity index is 1.48. The van der Waals surface area contributed by atoms with Crippen LogP contribution in [0.5, 0.6) is 5.75 Å².